The highest BCUT2D eigenvalue weighted by Crippen LogP contribution is 2.12. The third-order valence-electron chi connectivity index (χ3n) is 1.64. The van der Waals surface area contributed by atoms with Gasteiger partial charge in [-0.25, -0.2) is 4.79 Å². The Morgan fingerprint density at radius 2 is 1.50 bits per heavy atom. The van der Waals surface area contributed by atoms with E-state index in [9.17, 15) is 14.4 Å². The Bertz CT molecular complexity index is 351. The maximum absolute atomic E-state index is 10.5. The van der Waals surface area contributed by atoms with Gasteiger partial charge in [-0.05, 0) is 24.3 Å². The van der Waals surface area contributed by atoms with Gasteiger partial charge in [0.2, 0.25) is 12.8 Å². The highest BCUT2D eigenvalue weighted by atomic mass is 16.4. The number of aromatic carboxylic acids is 1. The number of nitrogens with zero attached hydrogens (tertiary/aromatic N) is 1. The van der Waals surface area contributed by atoms with Gasteiger partial charge in [0.25, 0.3) is 0 Å². The van der Waals surface area contributed by atoms with Crippen molar-refractivity contribution in [2.24, 2.45) is 0 Å². The molecule has 0 saturated carbocycles. The van der Waals surface area contributed by atoms with Crippen molar-refractivity contribution >= 4 is 24.5 Å². The van der Waals surface area contributed by atoms with Crippen LogP contribution < -0.4 is 4.90 Å². The number of carboxylic acid groups (broad SMARTS) is 1. The third-order valence-corrected chi connectivity index (χ3v) is 1.64. The minimum atomic E-state index is -1.06. The number of amides is 2. The summed E-state index contributed by atoms with van der Waals surface area (Å²) in [5, 5.41) is 8.58. The topological polar surface area (TPSA) is 74.7 Å². The van der Waals surface area contributed by atoms with Crippen molar-refractivity contribution in [3.05, 3.63) is 29.8 Å². The van der Waals surface area contributed by atoms with Gasteiger partial charge in [-0.3, -0.25) is 14.5 Å². The van der Waals surface area contributed by atoms with E-state index < -0.39 is 5.97 Å². The number of hydrogen-bond donors (Lipinski definition) is 1. The largest absolute Gasteiger partial charge is 0.478 e. The number of carboxylic acids is 1. The van der Waals surface area contributed by atoms with Crippen LogP contribution in [0.2, 0.25) is 0 Å². The molecule has 0 heterocycles. The molecule has 0 unspecified atom stereocenters. The lowest BCUT2D eigenvalue weighted by Gasteiger charge is -2.07. The van der Waals surface area contributed by atoms with Crippen LogP contribution in [0.1, 0.15) is 25.2 Å². The summed E-state index contributed by atoms with van der Waals surface area (Å²) in [5.74, 6) is -1.06. The summed E-state index contributed by atoms with van der Waals surface area (Å²) in [4.78, 5) is 31.9. The van der Waals surface area contributed by atoms with E-state index in [1.807, 2.05) is 0 Å². The van der Waals surface area contributed by atoms with E-state index in [0.717, 1.165) is 4.90 Å². The summed E-state index contributed by atoms with van der Waals surface area (Å²) in [5.41, 5.74) is 0.436. The maximum atomic E-state index is 10.5. The number of carbonyl (C=O) groups is 3. The molecule has 0 atom stereocenters. The zero-order chi connectivity index (χ0) is 10.6. The summed E-state index contributed by atoms with van der Waals surface area (Å²) < 4.78 is 0. The third kappa shape index (κ3) is 3.53. The SMILES string of the molecule is C.C.O=CN(C=O)c1ccc(C(=O)O)cc1. The molecule has 0 radical (unpaired) electrons. The molecule has 5 heteroatoms. The molecule has 0 fully saturated rings. The number of benzene rings is 1. The van der Waals surface area contributed by atoms with Crippen molar-refractivity contribution in [3.8, 4) is 0 Å². The van der Waals surface area contributed by atoms with Gasteiger partial charge in [-0.1, -0.05) is 14.9 Å². The molecular formula is C11H15NO4. The molecule has 0 saturated heterocycles. The van der Waals surface area contributed by atoms with Crippen molar-refractivity contribution < 1.29 is 19.5 Å². The first-order valence-corrected chi connectivity index (χ1v) is 3.71. The average molecular weight is 225 g/mol. The molecule has 5 nitrogen and oxygen atoms in total. The van der Waals surface area contributed by atoms with Gasteiger partial charge in [-0.2, -0.15) is 0 Å². The van der Waals surface area contributed by atoms with Crippen LogP contribution in [-0.2, 0) is 9.59 Å². The number of rotatable bonds is 4. The smallest absolute Gasteiger partial charge is 0.335 e. The monoisotopic (exact) mass is 225 g/mol. The Hall–Kier alpha value is -2.17. The molecule has 0 aliphatic rings. The van der Waals surface area contributed by atoms with Crippen molar-refractivity contribution in [3.63, 3.8) is 0 Å². The van der Waals surface area contributed by atoms with Crippen LogP contribution in [0, 0.1) is 0 Å². The first-order chi connectivity index (χ1) is 6.69. The van der Waals surface area contributed by atoms with E-state index in [-0.39, 0.29) is 20.4 Å². The number of hydrogen-bond acceptors (Lipinski definition) is 3. The second-order valence-corrected chi connectivity index (χ2v) is 2.47. The Morgan fingerprint density at radius 3 is 1.81 bits per heavy atom. The van der Waals surface area contributed by atoms with Crippen LogP contribution >= 0.6 is 0 Å². The molecule has 88 valence electrons. The number of imide groups is 1. The zero-order valence-electron chi connectivity index (χ0n) is 7.08. The van der Waals surface area contributed by atoms with Gasteiger partial charge in [0.05, 0.1) is 11.3 Å². The van der Waals surface area contributed by atoms with Gasteiger partial charge in [0.1, 0.15) is 0 Å². The van der Waals surface area contributed by atoms with E-state index in [4.69, 9.17) is 5.11 Å². The molecule has 0 bridgehead atoms. The zero-order valence-corrected chi connectivity index (χ0v) is 7.08. The predicted molar refractivity (Wildman–Crippen MR) is 61.5 cm³/mol. The highest BCUT2D eigenvalue weighted by Gasteiger charge is 2.05. The minimum Gasteiger partial charge on any atom is -0.478 e. The van der Waals surface area contributed by atoms with Gasteiger partial charge < -0.3 is 5.11 Å². The van der Waals surface area contributed by atoms with E-state index in [2.05, 4.69) is 0 Å². The first kappa shape index (κ1) is 16.3. The van der Waals surface area contributed by atoms with Crippen LogP contribution in [0.3, 0.4) is 0 Å². The molecule has 0 aliphatic carbocycles. The van der Waals surface area contributed by atoms with Gasteiger partial charge in [0, 0.05) is 0 Å². The summed E-state index contributed by atoms with van der Waals surface area (Å²) in [6.07, 6.45) is 0.700. The number of carbonyl (C=O) groups excluding carboxylic acids is 2. The van der Waals surface area contributed by atoms with Crippen LogP contribution in [0.5, 0.6) is 0 Å². The van der Waals surface area contributed by atoms with E-state index in [1.165, 1.54) is 24.3 Å². The van der Waals surface area contributed by atoms with Crippen molar-refractivity contribution in [1.29, 1.82) is 0 Å². The Kier molecular flexibility index (Phi) is 7.28. The molecule has 0 aromatic heterocycles. The van der Waals surface area contributed by atoms with Gasteiger partial charge in [-0.15, -0.1) is 0 Å². The normalized spacial score (nSPS) is 8.00. The molecule has 1 aromatic carbocycles. The quantitative estimate of drug-likeness (QED) is 0.792. The average Bonchev–Trinajstić information content (AvgIpc) is 2.20. The Balaban J connectivity index is 0. The lowest BCUT2D eigenvalue weighted by molar-refractivity contribution is -0.113. The van der Waals surface area contributed by atoms with Crippen molar-refractivity contribution in [2.75, 3.05) is 4.90 Å². The molecule has 2 amide bonds. The highest BCUT2D eigenvalue weighted by molar-refractivity contribution is 5.96. The number of anilines is 1. The summed E-state index contributed by atoms with van der Waals surface area (Å²) in [6.45, 7) is 0. The van der Waals surface area contributed by atoms with Crippen LogP contribution in [0.25, 0.3) is 0 Å². The van der Waals surface area contributed by atoms with Crippen LogP contribution in [0.15, 0.2) is 24.3 Å². The lowest BCUT2D eigenvalue weighted by atomic mass is 10.2. The predicted octanol–water partition coefficient (Wildman–Crippen LogP) is 1.78. The molecular weight excluding hydrogens is 210 g/mol. The van der Waals surface area contributed by atoms with E-state index in [1.54, 1.807) is 0 Å². The molecule has 1 N–H and O–H groups in total. The summed E-state index contributed by atoms with van der Waals surface area (Å²) in [7, 11) is 0. The first-order valence-electron chi connectivity index (χ1n) is 3.71. The fourth-order valence-electron chi connectivity index (χ4n) is 0.923. The molecule has 1 rings (SSSR count). The van der Waals surface area contributed by atoms with Crippen molar-refractivity contribution in [2.45, 2.75) is 14.9 Å². The maximum Gasteiger partial charge on any atom is 0.335 e. The standard InChI is InChI=1S/C9H7NO4.2CH4/c11-5-10(6-12)8-3-1-7(2-4-8)9(13)14;;/h1-6H,(H,13,14);2*1H4. The lowest BCUT2D eigenvalue weighted by Crippen LogP contribution is -2.18. The van der Waals surface area contributed by atoms with Gasteiger partial charge >= 0.3 is 5.97 Å². The second kappa shape index (κ2) is 7.17. The molecule has 1 aromatic rings. The summed E-state index contributed by atoms with van der Waals surface area (Å²) in [6, 6.07) is 5.40. The van der Waals surface area contributed by atoms with Crippen molar-refractivity contribution in [1.82, 2.24) is 0 Å². The van der Waals surface area contributed by atoms with Crippen LogP contribution in [-0.4, -0.2) is 23.9 Å². The van der Waals surface area contributed by atoms with Crippen LogP contribution in [0.4, 0.5) is 5.69 Å². The molecule has 0 spiro atoms. The fraction of sp³-hybridized carbons (Fsp3) is 0.182. The molecule has 0 aliphatic heterocycles. The Morgan fingerprint density at radius 1 is 1.06 bits per heavy atom. The van der Waals surface area contributed by atoms with E-state index in [0.29, 0.717) is 18.5 Å². The van der Waals surface area contributed by atoms with Gasteiger partial charge in [0.15, 0.2) is 0 Å². The second-order valence-electron chi connectivity index (χ2n) is 2.47. The summed E-state index contributed by atoms with van der Waals surface area (Å²) >= 11 is 0. The van der Waals surface area contributed by atoms with E-state index >= 15 is 0 Å². The minimum absolute atomic E-state index is 0. The fourth-order valence-corrected chi connectivity index (χ4v) is 0.923. The molecule has 16 heavy (non-hydrogen) atoms. The Labute approximate surface area is 94.3 Å².